The van der Waals surface area contributed by atoms with E-state index in [-0.39, 0.29) is 11.3 Å². The summed E-state index contributed by atoms with van der Waals surface area (Å²) in [6.07, 6.45) is 0. The number of hydrogen-bond donors (Lipinski definition) is 0. The monoisotopic (exact) mass is 460 g/mol. The van der Waals surface area contributed by atoms with Gasteiger partial charge in [0.1, 0.15) is 11.6 Å². The topological polar surface area (TPSA) is 44.1 Å². The fourth-order valence-electron chi connectivity index (χ4n) is 3.04. The van der Waals surface area contributed by atoms with E-state index in [1.807, 2.05) is 6.07 Å². The molecule has 0 spiro atoms. The van der Waals surface area contributed by atoms with Gasteiger partial charge in [-0.1, -0.05) is 53.2 Å². The number of para-hydroxylation sites is 1. The first-order valence-corrected chi connectivity index (χ1v) is 10.6. The number of hydrogen-bond acceptors (Lipinski definition) is 4. The van der Waals surface area contributed by atoms with E-state index in [4.69, 9.17) is 27.9 Å². The third-order valence-electron chi connectivity index (χ3n) is 4.55. The molecule has 0 atom stereocenters. The second kappa shape index (κ2) is 8.68. The predicted octanol–water partition coefficient (Wildman–Crippen LogP) is 6.13. The highest BCUT2D eigenvalue weighted by atomic mass is 35.5. The summed E-state index contributed by atoms with van der Waals surface area (Å²) in [5.74, 6) is 0.298. The molecule has 0 saturated heterocycles. The highest BCUT2D eigenvalue weighted by Gasteiger charge is 2.16. The normalized spacial score (nSPS) is 11.1. The van der Waals surface area contributed by atoms with E-state index in [1.165, 1.54) is 29.5 Å². The third kappa shape index (κ3) is 3.90. The summed E-state index contributed by atoms with van der Waals surface area (Å²) < 4.78 is 20.9. The van der Waals surface area contributed by atoms with Crippen molar-refractivity contribution < 1.29 is 9.13 Å². The van der Waals surface area contributed by atoms with E-state index in [1.54, 1.807) is 48.5 Å². The van der Waals surface area contributed by atoms with E-state index in [9.17, 15) is 9.18 Å². The van der Waals surface area contributed by atoms with Crippen molar-refractivity contribution in [1.29, 1.82) is 0 Å². The number of halogens is 3. The average Bonchev–Trinajstić information content (AvgIpc) is 2.73. The molecule has 0 bridgehead atoms. The molecule has 4 nitrogen and oxygen atoms in total. The van der Waals surface area contributed by atoms with Gasteiger partial charge in [-0.25, -0.2) is 9.37 Å². The van der Waals surface area contributed by atoms with Crippen molar-refractivity contribution >= 4 is 45.9 Å². The lowest BCUT2D eigenvalue weighted by Crippen LogP contribution is -2.21. The molecular formula is C22H15Cl2FN2O2S. The van der Waals surface area contributed by atoms with E-state index in [2.05, 4.69) is 4.98 Å². The van der Waals surface area contributed by atoms with Gasteiger partial charge in [-0.05, 0) is 42.5 Å². The summed E-state index contributed by atoms with van der Waals surface area (Å²) in [5, 5.41) is 1.56. The van der Waals surface area contributed by atoms with Crippen LogP contribution < -0.4 is 10.3 Å². The first-order valence-electron chi connectivity index (χ1n) is 8.91. The Morgan fingerprint density at radius 2 is 1.87 bits per heavy atom. The van der Waals surface area contributed by atoms with Crippen molar-refractivity contribution in [1.82, 2.24) is 9.55 Å². The number of aromatic nitrogens is 2. The summed E-state index contributed by atoms with van der Waals surface area (Å²) in [6, 6.07) is 16.7. The van der Waals surface area contributed by atoms with Crippen molar-refractivity contribution in [2.75, 3.05) is 7.11 Å². The molecule has 0 radical (unpaired) electrons. The molecule has 0 N–H and O–H groups in total. The SMILES string of the molecule is COc1ccc(-n2c(SCc3c(F)cccc3Cl)nc3ccccc3c2=O)cc1Cl. The molecule has 0 unspecified atom stereocenters. The van der Waals surface area contributed by atoms with Gasteiger partial charge < -0.3 is 4.74 Å². The van der Waals surface area contributed by atoms with E-state index in [0.717, 1.165) is 0 Å². The van der Waals surface area contributed by atoms with Gasteiger partial charge in [0.2, 0.25) is 0 Å². The molecule has 30 heavy (non-hydrogen) atoms. The van der Waals surface area contributed by atoms with Gasteiger partial charge in [0, 0.05) is 16.3 Å². The van der Waals surface area contributed by atoms with Crippen LogP contribution in [0.5, 0.6) is 5.75 Å². The molecule has 0 aliphatic heterocycles. The molecule has 152 valence electrons. The van der Waals surface area contributed by atoms with Gasteiger partial charge >= 0.3 is 0 Å². The van der Waals surface area contributed by atoms with E-state index < -0.39 is 5.82 Å². The van der Waals surface area contributed by atoms with Crippen LogP contribution in [0.1, 0.15) is 5.56 Å². The summed E-state index contributed by atoms with van der Waals surface area (Å²) in [4.78, 5) is 17.9. The van der Waals surface area contributed by atoms with Gasteiger partial charge in [0.15, 0.2) is 5.16 Å². The van der Waals surface area contributed by atoms with Crippen LogP contribution in [0.2, 0.25) is 10.0 Å². The van der Waals surface area contributed by atoms with Crippen LogP contribution in [-0.4, -0.2) is 16.7 Å². The molecule has 0 fully saturated rings. The maximum Gasteiger partial charge on any atom is 0.266 e. The van der Waals surface area contributed by atoms with E-state index in [0.29, 0.717) is 43.1 Å². The highest BCUT2D eigenvalue weighted by Crippen LogP contribution is 2.31. The molecule has 0 amide bonds. The zero-order valence-electron chi connectivity index (χ0n) is 15.7. The zero-order valence-corrected chi connectivity index (χ0v) is 18.1. The minimum absolute atomic E-state index is 0.209. The van der Waals surface area contributed by atoms with E-state index >= 15 is 0 Å². The minimum Gasteiger partial charge on any atom is -0.495 e. The molecule has 4 rings (SSSR count). The first-order chi connectivity index (χ1) is 14.5. The Hall–Kier alpha value is -2.54. The Kier molecular flexibility index (Phi) is 5.99. The van der Waals surface area contributed by atoms with Crippen molar-refractivity contribution in [2.24, 2.45) is 0 Å². The summed E-state index contributed by atoms with van der Waals surface area (Å²) in [6.45, 7) is 0. The molecule has 0 saturated carbocycles. The number of thioether (sulfide) groups is 1. The molecule has 8 heteroatoms. The zero-order chi connectivity index (χ0) is 21.3. The number of methoxy groups -OCH3 is 1. The molecule has 0 aliphatic carbocycles. The standard InChI is InChI=1S/C22H15Cl2FN2O2S/c1-29-20-10-9-13(11-17(20)24)27-21(28)14-5-2-3-8-19(14)26-22(27)30-12-15-16(23)6-4-7-18(15)25/h2-11H,12H2,1H3. The Labute approximate surface area is 186 Å². The maximum atomic E-state index is 14.2. The van der Waals surface area contributed by atoms with Crippen molar-refractivity contribution in [3.63, 3.8) is 0 Å². The minimum atomic E-state index is -0.405. The predicted molar refractivity (Wildman–Crippen MR) is 120 cm³/mol. The van der Waals surface area contributed by atoms with Crippen molar-refractivity contribution in [3.05, 3.63) is 92.4 Å². The van der Waals surface area contributed by atoms with Gasteiger partial charge in [0.25, 0.3) is 5.56 Å². The lowest BCUT2D eigenvalue weighted by Gasteiger charge is -2.15. The fraction of sp³-hybridized carbons (Fsp3) is 0.0909. The van der Waals surface area contributed by atoms with Crippen LogP contribution in [0.3, 0.4) is 0 Å². The third-order valence-corrected chi connectivity index (χ3v) is 6.16. The average molecular weight is 461 g/mol. The Balaban J connectivity index is 1.86. The molecular weight excluding hydrogens is 446 g/mol. The molecule has 0 aliphatic rings. The summed E-state index contributed by atoms with van der Waals surface area (Å²) in [5.41, 5.74) is 1.20. The van der Waals surface area contributed by atoms with Crippen LogP contribution >= 0.6 is 35.0 Å². The number of fused-ring (bicyclic) bond motifs is 1. The number of benzene rings is 3. The van der Waals surface area contributed by atoms with Crippen LogP contribution in [0.15, 0.2) is 70.6 Å². The maximum absolute atomic E-state index is 14.2. The fourth-order valence-corrected chi connectivity index (χ4v) is 4.65. The Morgan fingerprint density at radius 3 is 2.60 bits per heavy atom. The van der Waals surface area contributed by atoms with Crippen LogP contribution in [0.25, 0.3) is 16.6 Å². The first kappa shape index (κ1) is 20.7. The molecule has 1 aromatic heterocycles. The van der Waals surface area contributed by atoms with Gasteiger partial charge in [-0.3, -0.25) is 9.36 Å². The second-order valence-corrected chi connectivity index (χ2v) is 8.12. The lowest BCUT2D eigenvalue weighted by molar-refractivity contribution is 0.415. The Bertz CT molecular complexity index is 1290. The van der Waals surface area contributed by atoms with Crippen LogP contribution in [-0.2, 0) is 5.75 Å². The van der Waals surface area contributed by atoms with Gasteiger partial charge in [0.05, 0.1) is 28.7 Å². The van der Waals surface area contributed by atoms with Crippen LogP contribution in [0, 0.1) is 5.82 Å². The number of ether oxygens (including phenoxy) is 1. The lowest BCUT2D eigenvalue weighted by atomic mass is 10.2. The highest BCUT2D eigenvalue weighted by molar-refractivity contribution is 7.98. The summed E-state index contributed by atoms with van der Waals surface area (Å²) >= 11 is 13.7. The molecule has 1 heterocycles. The summed E-state index contributed by atoms with van der Waals surface area (Å²) in [7, 11) is 1.52. The number of rotatable bonds is 5. The van der Waals surface area contributed by atoms with Crippen LogP contribution in [0.4, 0.5) is 4.39 Å². The smallest absolute Gasteiger partial charge is 0.266 e. The van der Waals surface area contributed by atoms with Crippen molar-refractivity contribution in [3.8, 4) is 11.4 Å². The molecule has 3 aromatic carbocycles. The van der Waals surface area contributed by atoms with Gasteiger partial charge in [-0.15, -0.1) is 0 Å². The largest absolute Gasteiger partial charge is 0.495 e. The molecule has 4 aromatic rings. The van der Waals surface area contributed by atoms with Crippen molar-refractivity contribution in [2.45, 2.75) is 10.9 Å². The quantitative estimate of drug-likeness (QED) is 0.265. The Morgan fingerprint density at radius 1 is 1.07 bits per heavy atom. The van der Waals surface area contributed by atoms with Gasteiger partial charge in [-0.2, -0.15) is 0 Å². The number of nitrogens with zero attached hydrogens (tertiary/aromatic N) is 2. The second-order valence-electron chi connectivity index (χ2n) is 6.36.